The number of carbonyl (C=O) groups is 2. The van der Waals surface area contributed by atoms with Crippen molar-refractivity contribution in [1.29, 1.82) is 0 Å². The zero-order chi connectivity index (χ0) is 17.5. The van der Waals surface area contributed by atoms with Gasteiger partial charge < -0.3 is 14.4 Å². The van der Waals surface area contributed by atoms with E-state index >= 15 is 0 Å². The Labute approximate surface area is 138 Å². The summed E-state index contributed by atoms with van der Waals surface area (Å²) in [5.74, 6) is 0.500. The van der Waals surface area contributed by atoms with Crippen LogP contribution in [0.3, 0.4) is 0 Å². The van der Waals surface area contributed by atoms with Crippen LogP contribution in [0.15, 0.2) is 24.3 Å². The van der Waals surface area contributed by atoms with Gasteiger partial charge in [0.25, 0.3) is 0 Å². The Morgan fingerprint density at radius 3 is 2.22 bits per heavy atom. The molecule has 0 aliphatic rings. The zero-order valence-electron chi connectivity index (χ0n) is 14.7. The molecule has 0 aromatic heterocycles. The molecule has 1 aromatic rings. The molecule has 1 aromatic carbocycles. The first-order valence-corrected chi connectivity index (χ1v) is 7.86. The van der Waals surface area contributed by atoms with E-state index in [1.165, 1.54) is 0 Å². The van der Waals surface area contributed by atoms with Crippen LogP contribution >= 0.6 is 0 Å². The Morgan fingerprint density at radius 2 is 1.74 bits per heavy atom. The van der Waals surface area contributed by atoms with Crippen LogP contribution in [-0.2, 0) is 20.9 Å². The molecule has 1 amide bonds. The van der Waals surface area contributed by atoms with Crippen LogP contribution in [0, 0.1) is 5.41 Å². The minimum absolute atomic E-state index is 0.0117. The first kappa shape index (κ1) is 19.0. The molecule has 0 heterocycles. The van der Waals surface area contributed by atoms with Crippen LogP contribution in [0.5, 0.6) is 5.75 Å². The number of esters is 1. The van der Waals surface area contributed by atoms with E-state index in [1.807, 2.05) is 45.0 Å². The molecule has 0 N–H and O–H groups in total. The number of ether oxygens (including phenoxy) is 2. The molecule has 0 atom stereocenters. The van der Waals surface area contributed by atoms with E-state index in [-0.39, 0.29) is 18.3 Å². The van der Waals surface area contributed by atoms with Crippen molar-refractivity contribution in [3.8, 4) is 5.75 Å². The third-order valence-electron chi connectivity index (χ3n) is 3.35. The summed E-state index contributed by atoms with van der Waals surface area (Å²) < 4.78 is 10.1. The largest absolute Gasteiger partial charge is 0.497 e. The first-order valence-electron chi connectivity index (χ1n) is 7.86. The number of amides is 1. The molecule has 0 fully saturated rings. The van der Waals surface area contributed by atoms with Gasteiger partial charge in [0.1, 0.15) is 5.75 Å². The van der Waals surface area contributed by atoms with Crippen LogP contribution in [0.1, 0.15) is 39.7 Å². The van der Waals surface area contributed by atoms with Gasteiger partial charge in [-0.15, -0.1) is 0 Å². The van der Waals surface area contributed by atoms with Gasteiger partial charge in [-0.3, -0.25) is 9.59 Å². The van der Waals surface area contributed by atoms with Gasteiger partial charge >= 0.3 is 5.97 Å². The molecule has 0 radical (unpaired) electrons. The van der Waals surface area contributed by atoms with E-state index in [0.717, 1.165) is 11.3 Å². The van der Waals surface area contributed by atoms with Crippen molar-refractivity contribution in [2.24, 2.45) is 5.41 Å². The van der Waals surface area contributed by atoms with Crippen LogP contribution in [0.2, 0.25) is 0 Å². The van der Waals surface area contributed by atoms with Gasteiger partial charge in [0.2, 0.25) is 5.91 Å². The standard InChI is InChI=1S/C18H27NO4/c1-6-23-16(20)11-12-19(17(21)18(2,3)4)13-14-7-9-15(22-5)10-8-14/h7-10H,6,11-13H2,1-5H3. The van der Waals surface area contributed by atoms with Crippen LogP contribution < -0.4 is 4.74 Å². The number of benzene rings is 1. The zero-order valence-corrected chi connectivity index (χ0v) is 14.7. The maximum absolute atomic E-state index is 12.6. The molecule has 0 unspecified atom stereocenters. The predicted octanol–water partition coefficient (Wildman–Crippen LogP) is 3.02. The molecular formula is C18H27NO4. The molecule has 1 rings (SSSR count). The summed E-state index contributed by atoms with van der Waals surface area (Å²) in [6, 6.07) is 7.57. The molecule has 0 saturated carbocycles. The van der Waals surface area contributed by atoms with Gasteiger partial charge in [0, 0.05) is 18.5 Å². The van der Waals surface area contributed by atoms with Crippen molar-refractivity contribution in [3.63, 3.8) is 0 Å². The predicted molar refractivity (Wildman–Crippen MR) is 89.1 cm³/mol. The lowest BCUT2D eigenvalue weighted by Gasteiger charge is -2.29. The van der Waals surface area contributed by atoms with Crippen molar-refractivity contribution < 1.29 is 19.1 Å². The van der Waals surface area contributed by atoms with E-state index in [2.05, 4.69) is 0 Å². The Kier molecular flexibility index (Phi) is 7.07. The number of hydrogen-bond donors (Lipinski definition) is 0. The fraction of sp³-hybridized carbons (Fsp3) is 0.556. The summed E-state index contributed by atoms with van der Waals surface area (Å²) in [5, 5.41) is 0. The monoisotopic (exact) mass is 321 g/mol. The lowest BCUT2D eigenvalue weighted by atomic mass is 9.94. The molecule has 0 aliphatic carbocycles. The molecule has 5 nitrogen and oxygen atoms in total. The number of methoxy groups -OCH3 is 1. The quantitative estimate of drug-likeness (QED) is 0.724. The Hall–Kier alpha value is -2.04. The van der Waals surface area contributed by atoms with E-state index in [1.54, 1.807) is 18.9 Å². The third kappa shape index (κ3) is 6.30. The Morgan fingerprint density at radius 1 is 1.13 bits per heavy atom. The van der Waals surface area contributed by atoms with E-state index in [4.69, 9.17) is 9.47 Å². The van der Waals surface area contributed by atoms with Crippen molar-refractivity contribution in [2.75, 3.05) is 20.3 Å². The first-order chi connectivity index (χ1) is 10.8. The number of hydrogen-bond acceptors (Lipinski definition) is 4. The van der Waals surface area contributed by atoms with E-state index in [0.29, 0.717) is 19.7 Å². The summed E-state index contributed by atoms with van der Waals surface area (Å²) in [6.45, 7) is 8.56. The number of rotatable bonds is 7. The van der Waals surface area contributed by atoms with Crippen LogP contribution in [0.25, 0.3) is 0 Å². The van der Waals surface area contributed by atoms with Crippen molar-refractivity contribution >= 4 is 11.9 Å². The molecule has 0 aliphatic heterocycles. The highest BCUT2D eigenvalue weighted by molar-refractivity contribution is 5.82. The fourth-order valence-electron chi connectivity index (χ4n) is 2.14. The Balaban J connectivity index is 2.81. The summed E-state index contributed by atoms with van der Waals surface area (Å²) in [4.78, 5) is 25.9. The summed E-state index contributed by atoms with van der Waals surface area (Å²) >= 11 is 0. The fourth-order valence-corrected chi connectivity index (χ4v) is 2.14. The minimum Gasteiger partial charge on any atom is -0.497 e. The van der Waals surface area contributed by atoms with Crippen molar-refractivity contribution in [3.05, 3.63) is 29.8 Å². The second kappa shape index (κ2) is 8.56. The molecule has 128 valence electrons. The topological polar surface area (TPSA) is 55.8 Å². The lowest BCUT2D eigenvalue weighted by molar-refractivity contribution is -0.145. The van der Waals surface area contributed by atoms with Crippen LogP contribution in [0.4, 0.5) is 0 Å². The van der Waals surface area contributed by atoms with Gasteiger partial charge in [0.15, 0.2) is 0 Å². The average molecular weight is 321 g/mol. The minimum atomic E-state index is -0.499. The summed E-state index contributed by atoms with van der Waals surface area (Å²) in [5.41, 5.74) is 0.494. The van der Waals surface area contributed by atoms with Crippen molar-refractivity contribution in [2.45, 2.75) is 40.7 Å². The molecular weight excluding hydrogens is 294 g/mol. The smallest absolute Gasteiger partial charge is 0.307 e. The number of carbonyl (C=O) groups excluding carboxylic acids is 2. The maximum Gasteiger partial charge on any atom is 0.307 e. The van der Waals surface area contributed by atoms with Gasteiger partial charge in [0.05, 0.1) is 20.1 Å². The number of nitrogens with zero attached hydrogens (tertiary/aromatic N) is 1. The highest BCUT2D eigenvalue weighted by Gasteiger charge is 2.27. The normalized spacial score (nSPS) is 11.0. The van der Waals surface area contributed by atoms with Crippen LogP contribution in [-0.4, -0.2) is 37.0 Å². The average Bonchev–Trinajstić information content (AvgIpc) is 2.50. The molecule has 0 bridgehead atoms. The highest BCUT2D eigenvalue weighted by atomic mass is 16.5. The highest BCUT2D eigenvalue weighted by Crippen LogP contribution is 2.20. The maximum atomic E-state index is 12.6. The van der Waals surface area contributed by atoms with E-state index in [9.17, 15) is 9.59 Å². The van der Waals surface area contributed by atoms with Crippen molar-refractivity contribution in [1.82, 2.24) is 4.90 Å². The molecule has 5 heteroatoms. The second-order valence-corrected chi connectivity index (χ2v) is 6.38. The summed E-state index contributed by atoms with van der Waals surface area (Å²) in [7, 11) is 1.61. The van der Waals surface area contributed by atoms with Gasteiger partial charge in [-0.05, 0) is 24.6 Å². The SMILES string of the molecule is CCOC(=O)CCN(Cc1ccc(OC)cc1)C(=O)C(C)(C)C. The van der Waals surface area contributed by atoms with Gasteiger partial charge in [-0.2, -0.15) is 0 Å². The third-order valence-corrected chi connectivity index (χ3v) is 3.35. The van der Waals surface area contributed by atoms with E-state index < -0.39 is 5.41 Å². The second-order valence-electron chi connectivity index (χ2n) is 6.38. The molecule has 23 heavy (non-hydrogen) atoms. The Bertz CT molecular complexity index is 517. The summed E-state index contributed by atoms with van der Waals surface area (Å²) in [6.07, 6.45) is 0.200. The van der Waals surface area contributed by atoms with Gasteiger partial charge in [-0.1, -0.05) is 32.9 Å². The lowest BCUT2D eigenvalue weighted by Crippen LogP contribution is -2.40. The molecule has 0 spiro atoms. The molecule has 0 saturated heterocycles. The van der Waals surface area contributed by atoms with Gasteiger partial charge in [-0.25, -0.2) is 0 Å².